The summed E-state index contributed by atoms with van der Waals surface area (Å²) in [6.45, 7) is 7.69. The molecule has 1 aromatic heterocycles. The number of hydrogen-bond donors (Lipinski definition) is 1. The highest BCUT2D eigenvalue weighted by Gasteiger charge is 2.23. The molecule has 1 saturated heterocycles. The van der Waals surface area contributed by atoms with E-state index in [1.165, 1.54) is 17.8 Å². The highest BCUT2D eigenvalue weighted by molar-refractivity contribution is 7.09. The molecular formula is C18H24N2O2S. The zero-order chi connectivity index (χ0) is 16.4. The molecule has 1 aliphatic heterocycles. The highest BCUT2D eigenvalue weighted by atomic mass is 32.1. The van der Waals surface area contributed by atoms with Crippen molar-refractivity contribution in [3.63, 3.8) is 0 Å². The summed E-state index contributed by atoms with van der Waals surface area (Å²) in [6, 6.07) is 7.86. The van der Waals surface area contributed by atoms with Gasteiger partial charge in [0.25, 0.3) is 0 Å². The summed E-state index contributed by atoms with van der Waals surface area (Å²) >= 11 is 1.33. The second-order valence-corrected chi connectivity index (χ2v) is 7.75. The molecule has 0 aliphatic carbocycles. The molecule has 4 nitrogen and oxygen atoms in total. The van der Waals surface area contributed by atoms with Crippen LogP contribution in [0.5, 0.6) is 5.75 Å². The fourth-order valence-corrected chi connectivity index (χ4v) is 4.48. The third-order valence-corrected chi connectivity index (χ3v) is 5.28. The van der Waals surface area contributed by atoms with Crippen molar-refractivity contribution >= 4 is 11.3 Å². The van der Waals surface area contributed by atoms with Gasteiger partial charge in [0.2, 0.25) is 0 Å². The lowest BCUT2D eigenvalue weighted by molar-refractivity contribution is 0.135. The fraction of sp³-hybridized carbons (Fsp3) is 0.500. The molecule has 2 atom stereocenters. The van der Waals surface area contributed by atoms with Gasteiger partial charge in [0.05, 0.1) is 12.8 Å². The van der Waals surface area contributed by atoms with E-state index in [2.05, 4.69) is 23.7 Å². The van der Waals surface area contributed by atoms with Gasteiger partial charge in [-0.25, -0.2) is 0 Å². The maximum atomic E-state index is 11.9. The van der Waals surface area contributed by atoms with E-state index in [0.29, 0.717) is 0 Å². The fourth-order valence-electron chi connectivity index (χ4n) is 3.59. The van der Waals surface area contributed by atoms with Crippen LogP contribution in [0.3, 0.4) is 0 Å². The van der Waals surface area contributed by atoms with Crippen LogP contribution in [0, 0.1) is 11.8 Å². The Balaban J connectivity index is 1.84. The van der Waals surface area contributed by atoms with Crippen molar-refractivity contribution in [3.8, 4) is 17.0 Å². The summed E-state index contributed by atoms with van der Waals surface area (Å²) in [5.41, 5.74) is 1.99. The number of nitrogens with zero attached hydrogens (tertiary/aromatic N) is 1. The summed E-state index contributed by atoms with van der Waals surface area (Å²) < 4.78 is 5.21. The second-order valence-electron chi connectivity index (χ2n) is 6.68. The van der Waals surface area contributed by atoms with Crippen molar-refractivity contribution in [2.75, 3.05) is 20.2 Å². The van der Waals surface area contributed by atoms with E-state index >= 15 is 0 Å². The van der Waals surface area contributed by atoms with Crippen LogP contribution >= 0.6 is 11.3 Å². The van der Waals surface area contributed by atoms with E-state index in [1.54, 1.807) is 7.11 Å². The molecule has 5 heteroatoms. The molecule has 3 rings (SSSR count). The molecule has 1 fully saturated rings. The summed E-state index contributed by atoms with van der Waals surface area (Å²) in [6.07, 6.45) is 1.30. The third kappa shape index (κ3) is 3.85. The lowest BCUT2D eigenvalue weighted by atomic mass is 9.92. The molecule has 1 aliphatic rings. The predicted molar refractivity (Wildman–Crippen MR) is 95.1 cm³/mol. The molecule has 0 bridgehead atoms. The first kappa shape index (κ1) is 16.3. The lowest BCUT2D eigenvalue weighted by Crippen LogP contribution is -2.38. The van der Waals surface area contributed by atoms with E-state index < -0.39 is 0 Å². The Bertz CT molecular complexity index is 695. The van der Waals surface area contributed by atoms with Crippen molar-refractivity contribution in [2.24, 2.45) is 11.8 Å². The standard InChI is InChI=1S/C18H24N2O2S/c1-12-8-13(2)10-20(9-12)11-16-17(19-18(21)23-16)14-4-6-15(22-3)7-5-14/h4-7,12-13H,8-11H2,1-3H3,(H,19,21). The first-order valence-electron chi connectivity index (χ1n) is 8.14. The van der Waals surface area contributed by atoms with Crippen LogP contribution in [0.25, 0.3) is 11.3 Å². The summed E-state index contributed by atoms with van der Waals surface area (Å²) in [4.78, 5) is 18.5. The molecule has 1 N–H and O–H groups in total. The first-order chi connectivity index (χ1) is 11.0. The molecule has 2 heterocycles. The quantitative estimate of drug-likeness (QED) is 0.930. The van der Waals surface area contributed by atoms with Crippen LogP contribution in [0.1, 0.15) is 25.1 Å². The maximum Gasteiger partial charge on any atom is 0.305 e. The average molecular weight is 332 g/mol. The van der Waals surface area contributed by atoms with Gasteiger partial charge in [-0.05, 0) is 48.1 Å². The van der Waals surface area contributed by atoms with Gasteiger partial charge in [-0.1, -0.05) is 25.2 Å². The molecule has 0 saturated carbocycles. The van der Waals surface area contributed by atoms with E-state index in [4.69, 9.17) is 4.74 Å². The van der Waals surface area contributed by atoms with Gasteiger partial charge in [0, 0.05) is 24.5 Å². The van der Waals surface area contributed by atoms with Gasteiger partial charge in [0.15, 0.2) is 0 Å². The van der Waals surface area contributed by atoms with Gasteiger partial charge < -0.3 is 9.72 Å². The number of piperidine rings is 1. The van der Waals surface area contributed by atoms with Gasteiger partial charge >= 0.3 is 4.87 Å². The number of aromatic amines is 1. The largest absolute Gasteiger partial charge is 0.497 e. The summed E-state index contributed by atoms with van der Waals surface area (Å²) in [5, 5.41) is 0. The normalized spacial score (nSPS) is 22.2. The number of H-pyrrole nitrogens is 1. The van der Waals surface area contributed by atoms with Gasteiger partial charge in [0.1, 0.15) is 5.75 Å². The summed E-state index contributed by atoms with van der Waals surface area (Å²) in [7, 11) is 1.66. The van der Waals surface area contributed by atoms with Crippen LogP contribution in [-0.4, -0.2) is 30.1 Å². The number of likely N-dealkylation sites (tertiary alicyclic amines) is 1. The average Bonchev–Trinajstić information content (AvgIpc) is 2.87. The van der Waals surface area contributed by atoms with Crippen molar-refractivity contribution in [1.82, 2.24) is 9.88 Å². The first-order valence-corrected chi connectivity index (χ1v) is 8.95. The molecule has 124 valence electrons. The van der Waals surface area contributed by atoms with Crippen LogP contribution in [0.15, 0.2) is 29.1 Å². The minimum Gasteiger partial charge on any atom is -0.497 e. The molecule has 0 spiro atoms. The number of methoxy groups -OCH3 is 1. The number of rotatable bonds is 4. The highest BCUT2D eigenvalue weighted by Crippen LogP contribution is 2.28. The zero-order valence-electron chi connectivity index (χ0n) is 14.0. The zero-order valence-corrected chi connectivity index (χ0v) is 14.8. The molecule has 23 heavy (non-hydrogen) atoms. The summed E-state index contributed by atoms with van der Waals surface area (Å²) in [5.74, 6) is 2.27. The third-order valence-electron chi connectivity index (χ3n) is 4.41. The molecule has 2 unspecified atom stereocenters. The van der Waals surface area contributed by atoms with Crippen molar-refractivity contribution < 1.29 is 4.74 Å². The van der Waals surface area contributed by atoms with E-state index in [-0.39, 0.29) is 4.87 Å². The van der Waals surface area contributed by atoms with Crippen LogP contribution in [0.2, 0.25) is 0 Å². The number of thiazole rings is 1. The Hall–Kier alpha value is -1.59. The molecule has 1 aromatic carbocycles. The topological polar surface area (TPSA) is 45.3 Å². The Kier molecular flexibility index (Phi) is 4.87. The second kappa shape index (κ2) is 6.89. The predicted octanol–water partition coefficient (Wildman–Crippen LogP) is 3.59. The van der Waals surface area contributed by atoms with E-state index in [0.717, 1.165) is 53.4 Å². The van der Waals surface area contributed by atoms with Gasteiger partial charge in [-0.2, -0.15) is 0 Å². The Labute approximate surface area is 141 Å². The molecule has 0 radical (unpaired) electrons. The van der Waals surface area contributed by atoms with Crippen LogP contribution in [-0.2, 0) is 6.54 Å². The Morgan fingerprint density at radius 1 is 1.22 bits per heavy atom. The maximum absolute atomic E-state index is 11.9. The van der Waals surface area contributed by atoms with Crippen LogP contribution < -0.4 is 9.61 Å². The van der Waals surface area contributed by atoms with Crippen LogP contribution in [0.4, 0.5) is 0 Å². The smallest absolute Gasteiger partial charge is 0.305 e. The minimum absolute atomic E-state index is 0.0175. The monoisotopic (exact) mass is 332 g/mol. The minimum atomic E-state index is 0.0175. The number of hydrogen-bond acceptors (Lipinski definition) is 4. The van der Waals surface area contributed by atoms with Gasteiger partial charge in [-0.3, -0.25) is 9.69 Å². The van der Waals surface area contributed by atoms with Crippen molar-refractivity contribution in [3.05, 3.63) is 38.8 Å². The number of ether oxygens (including phenoxy) is 1. The molecule has 2 aromatic rings. The van der Waals surface area contributed by atoms with Gasteiger partial charge in [-0.15, -0.1) is 0 Å². The number of aromatic nitrogens is 1. The van der Waals surface area contributed by atoms with E-state index in [1.807, 2.05) is 24.3 Å². The number of nitrogens with one attached hydrogen (secondary N) is 1. The van der Waals surface area contributed by atoms with Crippen molar-refractivity contribution in [1.29, 1.82) is 0 Å². The SMILES string of the molecule is COc1ccc(-c2[nH]c(=O)sc2CN2CC(C)CC(C)C2)cc1. The van der Waals surface area contributed by atoms with Crippen molar-refractivity contribution in [2.45, 2.75) is 26.8 Å². The Morgan fingerprint density at radius 2 is 1.87 bits per heavy atom. The molecule has 0 amide bonds. The lowest BCUT2D eigenvalue weighted by Gasteiger charge is -2.34. The molecular weight excluding hydrogens is 308 g/mol. The number of benzene rings is 1. The van der Waals surface area contributed by atoms with E-state index in [9.17, 15) is 4.79 Å². The Morgan fingerprint density at radius 3 is 2.48 bits per heavy atom.